The summed E-state index contributed by atoms with van der Waals surface area (Å²) in [5.41, 5.74) is 3.61. The molecule has 1 aliphatic rings. The molecule has 0 bridgehead atoms. The van der Waals surface area contributed by atoms with Gasteiger partial charge in [0.2, 0.25) is 0 Å². The van der Waals surface area contributed by atoms with Crippen molar-refractivity contribution in [3.05, 3.63) is 65.5 Å². The zero-order chi connectivity index (χ0) is 14.7. The van der Waals surface area contributed by atoms with Crippen molar-refractivity contribution in [1.82, 2.24) is 5.32 Å². The summed E-state index contributed by atoms with van der Waals surface area (Å²) in [7, 11) is 2.06. The molecule has 1 saturated carbocycles. The van der Waals surface area contributed by atoms with Crippen molar-refractivity contribution in [3.63, 3.8) is 0 Å². The molecular formula is C18H21FN2. The molecule has 0 atom stereocenters. The van der Waals surface area contributed by atoms with Crippen molar-refractivity contribution >= 4 is 5.69 Å². The molecule has 110 valence electrons. The molecule has 0 radical (unpaired) electrons. The van der Waals surface area contributed by atoms with E-state index in [0.717, 1.165) is 24.7 Å². The molecule has 0 unspecified atom stereocenters. The zero-order valence-corrected chi connectivity index (χ0v) is 12.3. The highest BCUT2D eigenvalue weighted by Crippen LogP contribution is 2.20. The topological polar surface area (TPSA) is 15.3 Å². The Bertz CT molecular complexity index is 573. The SMILES string of the molecule is CN(Cc1ccc(F)cc1)c1ccc(CNC2CC2)cc1. The summed E-state index contributed by atoms with van der Waals surface area (Å²) in [4.78, 5) is 2.17. The van der Waals surface area contributed by atoms with Gasteiger partial charge in [-0.1, -0.05) is 24.3 Å². The lowest BCUT2D eigenvalue weighted by Gasteiger charge is -2.20. The predicted molar refractivity (Wildman–Crippen MR) is 84.8 cm³/mol. The van der Waals surface area contributed by atoms with Gasteiger partial charge in [0.25, 0.3) is 0 Å². The lowest BCUT2D eigenvalue weighted by molar-refractivity contribution is 0.627. The molecule has 2 aromatic carbocycles. The van der Waals surface area contributed by atoms with E-state index in [1.165, 1.54) is 36.2 Å². The average Bonchev–Trinajstić information content (AvgIpc) is 3.32. The third-order valence-electron chi connectivity index (χ3n) is 3.88. The second kappa shape index (κ2) is 6.27. The number of halogens is 1. The van der Waals surface area contributed by atoms with Crippen LogP contribution in [0.1, 0.15) is 24.0 Å². The van der Waals surface area contributed by atoms with Crippen LogP contribution in [0.25, 0.3) is 0 Å². The second-order valence-corrected chi connectivity index (χ2v) is 5.80. The Labute approximate surface area is 125 Å². The largest absolute Gasteiger partial charge is 0.370 e. The Morgan fingerprint density at radius 3 is 2.24 bits per heavy atom. The molecule has 0 aromatic heterocycles. The van der Waals surface area contributed by atoms with E-state index < -0.39 is 0 Å². The summed E-state index contributed by atoms with van der Waals surface area (Å²) < 4.78 is 12.9. The van der Waals surface area contributed by atoms with Gasteiger partial charge in [-0.05, 0) is 48.2 Å². The molecule has 21 heavy (non-hydrogen) atoms. The van der Waals surface area contributed by atoms with Gasteiger partial charge in [0, 0.05) is 31.9 Å². The molecule has 1 aliphatic carbocycles. The molecule has 2 nitrogen and oxygen atoms in total. The Hall–Kier alpha value is -1.87. The molecule has 0 aliphatic heterocycles. The van der Waals surface area contributed by atoms with Crippen LogP contribution in [0.2, 0.25) is 0 Å². The molecule has 0 amide bonds. The van der Waals surface area contributed by atoms with E-state index in [-0.39, 0.29) is 5.82 Å². The first-order valence-electron chi connectivity index (χ1n) is 7.48. The van der Waals surface area contributed by atoms with Gasteiger partial charge in [-0.15, -0.1) is 0 Å². The highest BCUT2D eigenvalue weighted by atomic mass is 19.1. The van der Waals surface area contributed by atoms with Crippen molar-refractivity contribution < 1.29 is 4.39 Å². The van der Waals surface area contributed by atoms with Crippen molar-refractivity contribution in [2.75, 3.05) is 11.9 Å². The maximum atomic E-state index is 12.9. The summed E-state index contributed by atoms with van der Waals surface area (Å²) in [6.07, 6.45) is 2.64. The maximum Gasteiger partial charge on any atom is 0.123 e. The van der Waals surface area contributed by atoms with Gasteiger partial charge in [-0.3, -0.25) is 0 Å². The van der Waals surface area contributed by atoms with Gasteiger partial charge in [0.1, 0.15) is 5.82 Å². The first kappa shape index (κ1) is 14.1. The van der Waals surface area contributed by atoms with Crippen LogP contribution in [0.5, 0.6) is 0 Å². The van der Waals surface area contributed by atoms with Gasteiger partial charge in [-0.25, -0.2) is 4.39 Å². The lowest BCUT2D eigenvalue weighted by Crippen LogP contribution is -2.17. The van der Waals surface area contributed by atoms with E-state index in [4.69, 9.17) is 0 Å². The van der Waals surface area contributed by atoms with Crippen molar-refractivity contribution in [1.29, 1.82) is 0 Å². The average molecular weight is 284 g/mol. The summed E-state index contributed by atoms with van der Waals surface area (Å²) in [5, 5.41) is 3.52. The van der Waals surface area contributed by atoms with Crippen molar-refractivity contribution in [3.8, 4) is 0 Å². The zero-order valence-electron chi connectivity index (χ0n) is 12.3. The molecule has 3 heteroatoms. The number of benzene rings is 2. The van der Waals surface area contributed by atoms with E-state index in [2.05, 4.69) is 41.5 Å². The monoisotopic (exact) mass is 284 g/mol. The van der Waals surface area contributed by atoms with Gasteiger partial charge in [0.15, 0.2) is 0 Å². The summed E-state index contributed by atoms with van der Waals surface area (Å²) in [5.74, 6) is -0.186. The fraction of sp³-hybridized carbons (Fsp3) is 0.333. The van der Waals surface area contributed by atoms with Gasteiger partial charge in [-0.2, -0.15) is 0 Å². The number of nitrogens with one attached hydrogen (secondary N) is 1. The number of anilines is 1. The third-order valence-corrected chi connectivity index (χ3v) is 3.88. The maximum absolute atomic E-state index is 12.9. The van der Waals surface area contributed by atoms with Crippen LogP contribution in [0.3, 0.4) is 0 Å². The highest BCUT2D eigenvalue weighted by Gasteiger charge is 2.19. The van der Waals surface area contributed by atoms with E-state index in [0.29, 0.717) is 0 Å². The van der Waals surface area contributed by atoms with Crippen LogP contribution >= 0.6 is 0 Å². The number of hydrogen-bond acceptors (Lipinski definition) is 2. The second-order valence-electron chi connectivity index (χ2n) is 5.80. The smallest absolute Gasteiger partial charge is 0.123 e. The lowest BCUT2D eigenvalue weighted by atomic mass is 10.1. The van der Waals surface area contributed by atoms with Gasteiger partial charge >= 0.3 is 0 Å². The Morgan fingerprint density at radius 1 is 1.00 bits per heavy atom. The summed E-state index contributed by atoms with van der Waals surface area (Å²) in [6.45, 7) is 1.73. The first-order valence-corrected chi connectivity index (χ1v) is 7.48. The molecule has 2 aromatic rings. The van der Waals surface area contributed by atoms with Crippen LogP contribution in [-0.4, -0.2) is 13.1 Å². The van der Waals surface area contributed by atoms with Crippen LogP contribution in [0, 0.1) is 5.82 Å². The van der Waals surface area contributed by atoms with Crippen LogP contribution < -0.4 is 10.2 Å². The number of hydrogen-bond donors (Lipinski definition) is 1. The Balaban J connectivity index is 1.58. The third kappa shape index (κ3) is 4.05. The van der Waals surface area contributed by atoms with Crippen molar-refractivity contribution in [2.45, 2.75) is 32.0 Å². The van der Waals surface area contributed by atoms with Crippen LogP contribution in [0.15, 0.2) is 48.5 Å². The molecular weight excluding hydrogens is 263 g/mol. The highest BCUT2D eigenvalue weighted by molar-refractivity contribution is 5.47. The minimum Gasteiger partial charge on any atom is -0.370 e. The summed E-state index contributed by atoms with van der Waals surface area (Å²) in [6, 6.07) is 16.1. The molecule has 0 saturated heterocycles. The van der Waals surface area contributed by atoms with Gasteiger partial charge in [0.05, 0.1) is 0 Å². The standard InChI is InChI=1S/C18H21FN2/c1-21(13-15-2-6-16(19)7-3-15)18-10-4-14(5-11-18)12-20-17-8-9-17/h2-7,10-11,17,20H,8-9,12-13H2,1H3. The Kier molecular flexibility index (Phi) is 4.20. The summed E-state index contributed by atoms with van der Waals surface area (Å²) >= 11 is 0. The molecule has 3 rings (SSSR count). The fourth-order valence-electron chi connectivity index (χ4n) is 2.37. The van der Waals surface area contributed by atoms with Crippen LogP contribution in [0.4, 0.5) is 10.1 Å². The first-order chi connectivity index (χ1) is 10.2. The van der Waals surface area contributed by atoms with Crippen molar-refractivity contribution in [2.24, 2.45) is 0 Å². The normalized spacial score (nSPS) is 14.2. The molecule has 1 fully saturated rings. The molecule has 0 spiro atoms. The number of rotatable bonds is 6. The fourth-order valence-corrected chi connectivity index (χ4v) is 2.37. The predicted octanol–water partition coefficient (Wildman–Crippen LogP) is 3.71. The van der Waals surface area contributed by atoms with Gasteiger partial charge < -0.3 is 10.2 Å². The van der Waals surface area contributed by atoms with E-state index in [9.17, 15) is 4.39 Å². The Morgan fingerprint density at radius 2 is 1.62 bits per heavy atom. The van der Waals surface area contributed by atoms with E-state index in [1.54, 1.807) is 0 Å². The quantitative estimate of drug-likeness (QED) is 0.870. The molecule has 1 N–H and O–H groups in total. The molecule has 0 heterocycles. The van der Waals surface area contributed by atoms with Crippen LogP contribution in [-0.2, 0) is 13.1 Å². The minimum atomic E-state index is -0.186. The van der Waals surface area contributed by atoms with E-state index >= 15 is 0 Å². The number of nitrogens with zero attached hydrogens (tertiary/aromatic N) is 1. The van der Waals surface area contributed by atoms with E-state index in [1.807, 2.05) is 12.1 Å². The minimum absolute atomic E-state index is 0.186.